The summed E-state index contributed by atoms with van der Waals surface area (Å²) in [6, 6.07) is 8.12. The van der Waals surface area contributed by atoms with Crippen LogP contribution in [0.4, 0.5) is 10.5 Å². The smallest absolute Gasteiger partial charge is 0.410 e. The van der Waals surface area contributed by atoms with Crippen LogP contribution in [-0.2, 0) is 4.74 Å². The fourth-order valence-corrected chi connectivity index (χ4v) is 2.75. The highest BCUT2D eigenvalue weighted by Gasteiger charge is 2.29. The lowest BCUT2D eigenvalue weighted by atomic mass is 10.1. The number of hydrogen-bond donors (Lipinski definition) is 1. The Balaban J connectivity index is 1.79. The first-order valence-corrected chi connectivity index (χ1v) is 8.10. The quantitative estimate of drug-likeness (QED) is 0.887. The third kappa shape index (κ3) is 5.23. The van der Waals surface area contributed by atoms with Gasteiger partial charge in [-0.1, -0.05) is 22.0 Å². The van der Waals surface area contributed by atoms with Gasteiger partial charge in [-0.15, -0.1) is 0 Å². The lowest BCUT2D eigenvalue weighted by Crippen LogP contribution is -2.35. The van der Waals surface area contributed by atoms with E-state index >= 15 is 0 Å². The van der Waals surface area contributed by atoms with Crippen molar-refractivity contribution in [2.75, 3.05) is 25.0 Å². The summed E-state index contributed by atoms with van der Waals surface area (Å²) in [6.45, 7) is 8.10. The first-order valence-electron chi connectivity index (χ1n) is 7.31. The molecule has 0 aliphatic carbocycles. The number of carbonyl (C=O) groups excluding carboxylic acids is 1. The van der Waals surface area contributed by atoms with Crippen LogP contribution in [0.3, 0.4) is 0 Å². The molecule has 1 aliphatic rings. The molecule has 0 bridgehead atoms. The Morgan fingerprint density at radius 3 is 2.90 bits per heavy atom. The van der Waals surface area contributed by atoms with Crippen LogP contribution in [0.5, 0.6) is 0 Å². The largest absolute Gasteiger partial charge is 0.444 e. The third-order valence-electron chi connectivity index (χ3n) is 3.36. The van der Waals surface area contributed by atoms with Gasteiger partial charge in [-0.2, -0.15) is 0 Å². The molecule has 1 heterocycles. The summed E-state index contributed by atoms with van der Waals surface area (Å²) in [5, 5.41) is 3.43. The van der Waals surface area contributed by atoms with E-state index in [0.717, 1.165) is 36.2 Å². The number of halogens is 1. The van der Waals surface area contributed by atoms with Gasteiger partial charge in [0.15, 0.2) is 0 Å². The molecule has 0 saturated carbocycles. The maximum Gasteiger partial charge on any atom is 0.410 e. The van der Waals surface area contributed by atoms with E-state index in [1.165, 1.54) is 0 Å². The maximum atomic E-state index is 12.0. The predicted octanol–water partition coefficient (Wildman–Crippen LogP) is 4.12. The standard InChI is InChI=1S/C16H23BrN2O2/c1-16(2,3)21-15(20)19-8-7-12(11-19)10-18-14-6-4-5-13(17)9-14/h4-6,9,12,18H,7-8,10-11H2,1-3H3. The van der Waals surface area contributed by atoms with Gasteiger partial charge in [0.2, 0.25) is 0 Å². The van der Waals surface area contributed by atoms with Crippen molar-refractivity contribution in [2.45, 2.75) is 32.8 Å². The summed E-state index contributed by atoms with van der Waals surface area (Å²) in [5.41, 5.74) is 0.670. The summed E-state index contributed by atoms with van der Waals surface area (Å²) in [4.78, 5) is 13.8. The van der Waals surface area contributed by atoms with E-state index in [1.807, 2.05) is 39.0 Å². The number of rotatable bonds is 3. The van der Waals surface area contributed by atoms with Crippen LogP contribution in [0.1, 0.15) is 27.2 Å². The Labute approximate surface area is 135 Å². The Kier molecular flexibility index (Phi) is 5.14. The molecule has 116 valence electrons. The number of nitrogens with zero attached hydrogens (tertiary/aromatic N) is 1. The van der Waals surface area contributed by atoms with Gasteiger partial charge in [0.25, 0.3) is 0 Å². The van der Waals surface area contributed by atoms with Crippen molar-refractivity contribution in [3.8, 4) is 0 Å². The van der Waals surface area contributed by atoms with Crippen molar-refractivity contribution >= 4 is 27.7 Å². The average molecular weight is 355 g/mol. The molecule has 5 heteroatoms. The first-order chi connectivity index (χ1) is 9.83. The normalized spacial score (nSPS) is 18.7. The molecule has 1 aromatic rings. The van der Waals surface area contributed by atoms with Gasteiger partial charge in [-0.3, -0.25) is 0 Å². The number of carbonyl (C=O) groups is 1. The van der Waals surface area contributed by atoms with Gasteiger partial charge in [0.1, 0.15) is 5.60 Å². The summed E-state index contributed by atoms with van der Waals surface area (Å²) in [7, 11) is 0. The number of likely N-dealkylation sites (tertiary alicyclic amines) is 1. The highest BCUT2D eigenvalue weighted by atomic mass is 79.9. The van der Waals surface area contributed by atoms with Crippen molar-refractivity contribution in [3.63, 3.8) is 0 Å². The molecular weight excluding hydrogens is 332 g/mol. The molecule has 1 fully saturated rings. The van der Waals surface area contributed by atoms with Crippen molar-refractivity contribution in [1.82, 2.24) is 4.90 Å². The second kappa shape index (κ2) is 6.69. The van der Waals surface area contributed by atoms with Crippen LogP contribution in [0, 0.1) is 5.92 Å². The summed E-state index contributed by atoms with van der Waals surface area (Å²) < 4.78 is 6.47. The number of anilines is 1. The van der Waals surface area contributed by atoms with Crippen molar-refractivity contribution in [3.05, 3.63) is 28.7 Å². The average Bonchev–Trinajstić information content (AvgIpc) is 2.83. The molecule has 1 aromatic carbocycles. The van der Waals surface area contributed by atoms with Gasteiger partial charge in [0.05, 0.1) is 0 Å². The van der Waals surface area contributed by atoms with E-state index < -0.39 is 5.60 Å². The minimum atomic E-state index is -0.427. The number of ether oxygens (including phenoxy) is 1. The number of amides is 1. The molecule has 1 N–H and O–H groups in total. The van der Waals surface area contributed by atoms with Crippen LogP contribution in [-0.4, -0.2) is 36.2 Å². The van der Waals surface area contributed by atoms with E-state index in [2.05, 4.69) is 27.3 Å². The van der Waals surface area contributed by atoms with Gasteiger partial charge in [0, 0.05) is 29.8 Å². The third-order valence-corrected chi connectivity index (χ3v) is 3.85. The molecule has 4 nitrogen and oxygen atoms in total. The van der Waals surface area contributed by atoms with Crippen molar-refractivity contribution in [1.29, 1.82) is 0 Å². The molecular formula is C16H23BrN2O2. The monoisotopic (exact) mass is 354 g/mol. The predicted molar refractivity (Wildman–Crippen MR) is 88.5 cm³/mol. The topological polar surface area (TPSA) is 41.6 Å². The van der Waals surface area contributed by atoms with Crippen LogP contribution < -0.4 is 5.32 Å². The van der Waals surface area contributed by atoms with Crippen LogP contribution in [0.15, 0.2) is 28.7 Å². The minimum Gasteiger partial charge on any atom is -0.444 e. The number of hydrogen-bond acceptors (Lipinski definition) is 3. The Morgan fingerprint density at radius 1 is 1.48 bits per heavy atom. The zero-order valence-electron chi connectivity index (χ0n) is 12.9. The summed E-state index contributed by atoms with van der Waals surface area (Å²) >= 11 is 3.46. The highest BCUT2D eigenvalue weighted by Crippen LogP contribution is 2.21. The Morgan fingerprint density at radius 2 is 2.24 bits per heavy atom. The minimum absolute atomic E-state index is 0.201. The lowest BCUT2D eigenvalue weighted by molar-refractivity contribution is 0.0289. The molecule has 1 atom stereocenters. The molecule has 0 spiro atoms. The van der Waals surface area contributed by atoms with Gasteiger partial charge >= 0.3 is 6.09 Å². The second-order valence-electron chi connectivity index (χ2n) is 6.47. The molecule has 1 amide bonds. The van der Waals surface area contributed by atoms with Gasteiger partial charge in [-0.25, -0.2) is 4.79 Å². The maximum absolute atomic E-state index is 12.0. The SMILES string of the molecule is CC(C)(C)OC(=O)N1CCC(CNc2cccc(Br)c2)C1. The van der Waals surface area contributed by atoms with Crippen LogP contribution >= 0.6 is 15.9 Å². The van der Waals surface area contributed by atoms with Gasteiger partial charge < -0.3 is 15.0 Å². The fraction of sp³-hybridized carbons (Fsp3) is 0.562. The van der Waals surface area contributed by atoms with E-state index in [9.17, 15) is 4.79 Å². The van der Waals surface area contributed by atoms with E-state index in [-0.39, 0.29) is 6.09 Å². The molecule has 21 heavy (non-hydrogen) atoms. The molecule has 0 radical (unpaired) electrons. The molecule has 1 aliphatic heterocycles. The zero-order chi connectivity index (χ0) is 15.5. The van der Waals surface area contributed by atoms with E-state index in [1.54, 1.807) is 4.90 Å². The summed E-state index contributed by atoms with van der Waals surface area (Å²) in [5.74, 6) is 0.469. The molecule has 1 unspecified atom stereocenters. The zero-order valence-corrected chi connectivity index (χ0v) is 14.4. The van der Waals surface area contributed by atoms with Crippen molar-refractivity contribution < 1.29 is 9.53 Å². The van der Waals surface area contributed by atoms with E-state index in [4.69, 9.17) is 4.74 Å². The number of nitrogens with one attached hydrogen (secondary N) is 1. The van der Waals surface area contributed by atoms with Crippen molar-refractivity contribution in [2.24, 2.45) is 5.92 Å². The van der Waals surface area contributed by atoms with Gasteiger partial charge in [-0.05, 0) is 51.3 Å². The molecule has 1 saturated heterocycles. The molecule has 2 rings (SSSR count). The van der Waals surface area contributed by atoms with Crippen LogP contribution in [0.25, 0.3) is 0 Å². The number of benzene rings is 1. The fourth-order valence-electron chi connectivity index (χ4n) is 2.35. The second-order valence-corrected chi connectivity index (χ2v) is 7.39. The highest BCUT2D eigenvalue weighted by molar-refractivity contribution is 9.10. The first kappa shape index (κ1) is 16.1. The van der Waals surface area contributed by atoms with E-state index in [0.29, 0.717) is 5.92 Å². The summed E-state index contributed by atoms with van der Waals surface area (Å²) in [6.07, 6.45) is 0.813. The lowest BCUT2D eigenvalue weighted by Gasteiger charge is -2.24. The van der Waals surface area contributed by atoms with Crippen LogP contribution in [0.2, 0.25) is 0 Å². The Hall–Kier alpha value is -1.23. The Bertz CT molecular complexity index is 499. The molecule has 0 aromatic heterocycles.